The first kappa shape index (κ1) is 21.8. The molecule has 0 fully saturated rings. The van der Waals surface area contributed by atoms with Gasteiger partial charge in [0.05, 0.1) is 0 Å². The minimum Gasteiger partial charge on any atom is -0.493 e. The molecule has 0 aliphatic heterocycles. The lowest BCUT2D eigenvalue weighted by atomic mass is 9.83. The summed E-state index contributed by atoms with van der Waals surface area (Å²) in [5, 5.41) is 0. The maximum absolute atomic E-state index is 12.7. The van der Waals surface area contributed by atoms with Crippen molar-refractivity contribution in [1.82, 2.24) is 0 Å². The van der Waals surface area contributed by atoms with Gasteiger partial charge in [-0.2, -0.15) is 13.2 Å². The average molecular weight is 333 g/mol. The van der Waals surface area contributed by atoms with Crippen molar-refractivity contribution in [2.75, 3.05) is 13.2 Å². The van der Waals surface area contributed by atoms with E-state index in [1.807, 2.05) is 32.9 Å². The molecule has 0 saturated carbocycles. The molecule has 0 radical (unpaired) electrons. The van der Waals surface area contributed by atoms with Gasteiger partial charge in [0.1, 0.15) is 18.3 Å². The van der Waals surface area contributed by atoms with Crippen LogP contribution in [0.4, 0.5) is 13.2 Å². The summed E-state index contributed by atoms with van der Waals surface area (Å²) in [7, 11) is 0. The van der Waals surface area contributed by atoms with E-state index < -0.39 is 25.2 Å². The largest absolute Gasteiger partial charge is 0.493 e. The maximum Gasteiger partial charge on any atom is 0.396 e. The lowest BCUT2D eigenvalue weighted by Gasteiger charge is -2.25. The SMILES string of the molecule is CC.CCc1c(OCC(CN)C(F)(F)F)cccc1C(C)(C)C. The molecule has 1 aromatic carbocycles. The van der Waals surface area contributed by atoms with Gasteiger partial charge in [0.2, 0.25) is 0 Å². The molecule has 0 spiro atoms. The molecule has 0 amide bonds. The predicted molar refractivity (Wildman–Crippen MR) is 90.0 cm³/mol. The van der Waals surface area contributed by atoms with Gasteiger partial charge < -0.3 is 10.5 Å². The lowest BCUT2D eigenvalue weighted by molar-refractivity contribution is -0.178. The highest BCUT2D eigenvalue weighted by molar-refractivity contribution is 5.43. The van der Waals surface area contributed by atoms with E-state index in [1.54, 1.807) is 6.07 Å². The first-order valence-corrected chi connectivity index (χ1v) is 8.13. The van der Waals surface area contributed by atoms with E-state index in [9.17, 15) is 13.2 Å². The second kappa shape index (κ2) is 9.16. The van der Waals surface area contributed by atoms with E-state index in [0.29, 0.717) is 12.2 Å². The fourth-order valence-corrected chi connectivity index (χ4v) is 2.25. The van der Waals surface area contributed by atoms with Crippen molar-refractivity contribution in [3.8, 4) is 5.75 Å². The minimum absolute atomic E-state index is 0.0813. The Morgan fingerprint density at radius 3 is 2.09 bits per heavy atom. The summed E-state index contributed by atoms with van der Waals surface area (Å²) < 4.78 is 43.6. The molecule has 23 heavy (non-hydrogen) atoms. The third-order valence-corrected chi connectivity index (χ3v) is 3.48. The van der Waals surface area contributed by atoms with Crippen LogP contribution >= 0.6 is 0 Å². The topological polar surface area (TPSA) is 35.2 Å². The van der Waals surface area contributed by atoms with Crippen LogP contribution < -0.4 is 10.5 Å². The molecule has 0 aliphatic carbocycles. The van der Waals surface area contributed by atoms with Crippen molar-refractivity contribution in [2.24, 2.45) is 11.7 Å². The molecule has 0 saturated heterocycles. The molecule has 1 aromatic rings. The van der Waals surface area contributed by atoms with Crippen molar-refractivity contribution >= 4 is 0 Å². The third kappa shape index (κ3) is 6.42. The fraction of sp³-hybridized carbons (Fsp3) is 0.667. The Morgan fingerprint density at radius 2 is 1.70 bits per heavy atom. The molecule has 5 heteroatoms. The number of hydrogen-bond donors (Lipinski definition) is 1. The van der Waals surface area contributed by atoms with Gasteiger partial charge in [-0.05, 0) is 29.0 Å². The third-order valence-electron chi connectivity index (χ3n) is 3.48. The smallest absolute Gasteiger partial charge is 0.396 e. The quantitative estimate of drug-likeness (QED) is 0.814. The number of halogens is 3. The zero-order valence-electron chi connectivity index (χ0n) is 15.1. The highest BCUT2D eigenvalue weighted by atomic mass is 19.4. The van der Waals surface area contributed by atoms with E-state index in [-0.39, 0.29) is 5.41 Å². The Balaban J connectivity index is 0.00000232. The Kier molecular flexibility index (Phi) is 8.67. The number of alkyl halides is 3. The van der Waals surface area contributed by atoms with Gasteiger partial charge in [-0.3, -0.25) is 0 Å². The molecule has 2 N–H and O–H groups in total. The number of nitrogens with two attached hydrogens (primary N) is 1. The van der Waals surface area contributed by atoms with Gasteiger partial charge in [0.25, 0.3) is 0 Å². The van der Waals surface area contributed by atoms with Crippen LogP contribution in [0.2, 0.25) is 0 Å². The molecule has 2 nitrogen and oxygen atoms in total. The number of hydrogen-bond acceptors (Lipinski definition) is 2. The van der Waals surface area contributed by atoms with Crippen LogP contribution in [-0.4, -0.2) is 19.3 Å². The molecule has 134 valence electrons. The molecule has 0 aromatic heterocycles. The molecule has 0 aliphatic rings. The first-order chi connectivity index (χ1) is 10.6. The maximum atomic E-state index is 12.7. The summed E-state index contributed by atoms with van der Waals surface area (Å²) >= 11 is 0. The fourth-order valence-electron chi connectivity index (χ4n) is 2.25. The van der Waals surface area contributed by atoms with E-state index in [1.165, 1.54) is 0 Å². The van der Waals surface area contributed by atoms with Crippen molar-refractivity contribution < 1.29 is 17.9 Å². The Morgan fingerprint density at radius 1 is 1.13 bits per heavy atom. The monoisotopic (exact) mass is 333 g/mol. The van der Waals surface area contributed by atoms with E-state index >= 15 is 0 Å². The lowest BCUT2D eigenvalue weighted by Crippen LogP contribution is -2.35. The van der Waals surface area contributed by atoms with Gasteiger partial charge in [0, 0.05) is 6.54 Å². The van der Waals surface area contributed by atoms with E-state index in [0.717, 1.165) is 11.1 Å². The summed E-state index contributed by atoms with van der Waals surface area (Å²) in [6, 6.07) is 5.54. The molecule has 1 rings (SSSR count). The highest BCUT2D eigenvalue weighted by Gasteiger charge is 2.39. The number of ether oxygens (including phenoxy) is 1. The van der Waals surface area contributed by atoms with Crippen LogP contribution in [-0.2, 0) is 11.8 Å². The average Bonchev–Trinajstić information content (AvgIpc) is 2.47. The number of benzene rings is 1. The van der Waals surface area contributed by atoms with Crippen molar-refractivity contribution in [3.05, 3.63) is 29.3 Å². The second-order valence-corrected chi connectivity index (χ2v) is 6.17. The zero-order valence-corrected chi connectivity index (χ0v) is 15.1. The molecular weight excluding hydrogens is 303 g/mol. The Labute approximate surface area is 138 Å². The summed E-state index contributed by atoms with van der Waals surface area (Å²) in [6.45, 7) is 11.3. The minimum atomic E-state index is -4.33. The first-order valence-electron chi connectivity index (χ1n) is 8.13. The molecular formula is C18H30F3NO. The predicted octanol–water partition coefficient (Wildman–Crippen LogP) is 5.09. The summed E-state index contributed by atoms with van der Waals surface area (Å²) in [4.78, 5) is 0. The van der Waals surface area contributed by atoms with Crippen LogP contribution in [0.1, 0.15) is 52.7 Å². The molecule has 0 bridgehead atoms. The van der Waals surface area contributed by atoms with Gasteiger partial charge in [-0.1, -0.05) is 53.7 Å². The van der Waals surface area contributed by atoms with Crippen LogP contribution in [0.15, 0.2) is 18.2 Å². The molecule has 1 atom stereocenters. The van der Waals surface area contributed by atoms with Crippen LogP contribution in [0, 0.1) is 5.92 Å². The summed E-state index contributed by atoms with van der Waals surface area (Å²) in [5.41, 5.74) is 7.17. The van der Waals surface area contributed by atoms with Gasteiger partial charge in [0.15, 0.2) is 0 Å². The van der Waals surface area contributed by atoms with Crippen molar-refractivity contribution in [1.29, 1.82) is 0 Å². The normalized spacial score (nSPS) is 13.1. The van der Waals surface area contributed by atoms with Crippen LogP contribution in [0.3, 0.4) is 0 Å². The van der Waals surface area contributed by atoms with Crippen LogP contribution in [0.5, 0.6) is 5.75 Å². The van der Waals surface area contributed by atoms with Crippen molar-refractivity contribution in [3.63, 3.8) is 0 Å². The van der Waals surface area contributed by atoms with Gasteiger partial charge in [-0.25, -0.2) is 0 Å². The second-order valence-electron chi connectivity index (χ2n) is 6.17. The van der Waals surface area contributed by atoms with E-state index in [2.05, 4.69) is 20.8 Å². The van der Waals surface area contributed by atoms with Crippen molar-refractivity contribution in [2.45, 2.75) is 59.6 Å². The standard InChI is InChI=1S/C16H24F3NO.C2H6/c1-5-12-13(15(2,3)4)7-6-8-14(12)21-10-11(9-20)16(17,18)19;1-2/h6-8,11H,5,9-10,20H2,1-4H3;1-2H3. The molecule has 1 unspecified atom stereocenters. The molecule has 0 heterocycles. The van der Waals surface area contributed by atoms with Gasteiger partial charge >= 0.3 is 6.18 Å². The van der Waals surface area contributed by atoms with Crippen LogP contribution in [0.25, 0.3) is 0 Å². The Hall–Kier alpha value is -1.23. The number of rotatable bonds is 5. The van der Waals surface area contributed by atoms with E-state index in [4.69, 9.17) is 10.5 Å². The Bertz CT molecular complexity index is 464. The van der Waals surface area contributed by atoms with Gasteiger partial charge in [-0.15, -0.1) is 0 Å². The summed E-state index contributed by atoms with van der Waals surface area (Å²) in [6.07, 6.45) is -3.62. The summed E-state index contributed by atoms with van der Waals surface area (Å²) in [5.74, 6) is -1.12. The zero-order chi connectivity index (χ0) is 18.3. The highest BCUT2D eigenvalue weighted by Crippen LogP contribution is 2.33.